The van der Waals surface area contributed by atoms with E-state index in [9.17, 15) is 14.4 Å². The molecule has 2 aromatic heterocycles. The van der Waals surface area contributed by atoms with Crippen LogP contribution >= 0.6 is 0 Å². The maximum atomic E-state index is 12.8. The van der Waals surface area contributed by atoms with Crippen molar-refractivity contribution in [1.29, 1.82) is 0 Å². The Hall–Kier alpha value is -4.01. The van der Waals surface area contributed by atoms with E-state index in [-0.39, 0.29) is 18.2 Å². The first-order valence-electron chi connectivity index (χ1n) is 10.8. The molecule has 9 heteroatoms. The number of likely N-dealkylation sites (tertiary alicyclic amines) is 1. The zero-order valence-corrected chi connectivity index (χ0v) is 18.1. The van der Waals surface area contributed by atoms with Gasteiger partial charge in [0, 0.05) is 24.2 Å². The second-order valence-electron chi connectivity index (χ2n) is 8.05. The molecule has 0 bridgehead atoms. The summed E-state index contributed by atoms with van der Waals surface area (Å²) in [5.74, 6) is -0.357. The Bertz CT molecular complexity index is 1410. The molecule has 0 aliphatic carbocycles. The Balaban J connectivity index is 1.38. The molecule has 0 spiro atoms. The second-order valence-corrected chi connectivity index (χ2v) is 8.05. The lowest BCUT2D eigenvalue weighted by atomic mass is 10.1. The summed E-state index contributed by atoms with van der Waals surface area (Å²) >= 11 is 0. The monoisotopic (exact) mass is 449 g/mol. The third kappa shape index (κ3) is 4.09. The van der Waals surface area contributed by atoms with Crippen LogP contribution in [0.1, 0.15) is 29.8 Å². The average molecular weight is 449 g/mol. The lowest BCUT2D eigenvalue weighted by Crippen LogP contribution is -2.39. The lowest BCUT2D eigenvalue weighted by molar-refractivity contribution is -0.132. The van der Waals surface area contributed by atoms with E-state index in [2.05, 4.69) is 5.32 Å². The molecule has 5 rings (SSSR count). The van der Waals surface area contributed by atoms with Gasteiger partial charge in [-0.2, -0.15) is 0 Å². The van der Waals surface area contributed by atoms with Crippen molar-refractivity contribution in [3.05, 3.63) is 58.8 Å². The quantitative estimate of drug-likeness (QED) is 0.499. The molecule has 1 N–H and O–H groups in total. The summed E-state index contributed by atoms with van der Waals surface area (Å²) in [5.41, 5.74) is 1.81. The number of carbonyl (C=O) groups excluding carboxylic acids is 2. The van der Waals surface area contributed by atoms with E-state index in [1.54, 1.807) is 54.5 Å². The lowest BCUT2D eigenvalue weighted by Gasteiger charge is -2.26. The number of oxazole rings is 1. The average Bonchev–Trinajstić information content (AvgIpc) is 3.40. The standard InChI is InChI=1S/C24H23N3O6/c1-31-17-6-8-19-15(11-17)12-21(32-19)23(29)25-16-5-7-20-18(13-16)27(24(30)33-20)14-22(28)26-9-3-2-4-10-26/h5-8,11-13H,2-4,9-10,14H2,1H3,(H,25,29). The molecule has 3 heterocycles. The van der Waals surface area contributed by atoms with Crippen molar-refractivity contribution < 1.29 is 23.2 Å². The van der Waals surface area contributed by atoms with Crippen molar-refractivity contribution in [2.45, 2.75) is 25.8 Å². The normalized spacial score (nSPS) is 14.0. The van der Waals surface area contributed by atoms with Crippen molar-refractivity contribution >= 4 is 39.6 Å². The Morgan fingerprint density at radius 2 is 1.79 bits per heavy atom. The van der Waals surface area contributed by atoms with Gasteiger partial charge in [0.15, 0.2) is 11.3 Å². The van der Waals surface area contributed by atoms with Crippen LogP contribution in [0.2, 0.25) is 0 Å². The van der Waals surface area contributed by atoms with Crippen LogP contribution in [0.3, 0.4) is 0 Å². The van der Waals surface area contributed by atoms with Gasteiger partial charge < -0.3 is 23.8 Å². The fraction of sp³-hybridized carbons (Fsp3) is 0.292. The topological polar surface area (TPSA) is 107 Å². The van der Waals surface area contributed by atoms with Crippen LogP contribution < -0.4 is 15.8 Å². The smallest absolute Gasteiger partial charge is 0.420 e. The Morgan fingerprint density at radius 1 is 1.00 bits per heavy atom. The molecule has 1 saturated heterocycles. The summed E-state index contributed by atoms with van der Waals surface area (Å²) in [7, 11) is 1.57. The number of carbonyl (C=O) groups is 2. The number of methoxy groups -OCH3 is 1. The Labute approximate surface area is 188 Å². The number of fused-ring (bicyclic) bond motifs is 2. The molecule has 0 unspecified atom stereocenters. The number of ether oxygens (including phenoxy) is 1. The fourth-order valence-corrected chi connectivity index (χ4v) is 4.12. The largest absolute Gasteiger partial charge is 0.497 e. The van der Waals surface area contributed by atoms with Crippen LogP contribution in [0.15, 0.2) is 56.1 Å². The molecule has 4 aromatic rings. The number of furan rings is 1. The third-order valence-electron chi connectivity index (χ3n) is 5.87. The number of piperidine rings is 1. The Morgan fingerprint density at radius 3 is 2.58 bits per heavy atom. The van der Waals surface area contributed by atoms with Crippen molar-refractivity contribution in [3.8, 4) is 5.75 Å². The predicted octanol–water partition coefficient (Wildman–Crippen LogP) is 3.61. The Kier molecular flexibility index (Phi) is 5.37. The van der Waals surface area contributed by atoms with E-state index in [0.717, 1.165) is 24.6 Å². The van der Waals surface area contributed by atoms with Crippen LogP contribution in [-0.4, -0.2) is 41.5 Å². The molecular weight excluding hydrogens is 426 g/mol. The first kappa shape index (κ1) is 20.9. The number of anilines is 1. The molecule has 2 amide bonds. The first-order chi connectivity index (χ1) is 16.0. The highest BCUT2D eigenvalue weighted by Crippen LogP contribution is 2.25. The van der Waals surface area contributed by atoms with Gasteiger partial charge in [-0.15, -0.1) is 0 Å². The summed E-state index contributed by atoms with van der Waals surface area (Å²) in [4.78, 5) is 39.6. The van der Waals surface area contributed by atoms with Gasteiger partial charge >= 0.3 is 5.76 Å². The van der Waals surface area contributed by atoms with Gasteiger partial charge in [0.25, 0.3) is 5.91 Å². The minimum absolute atomic E-state index is 0.103. The molecule has 0 radical (unpaired) electrons. The van der Waals surface area contributed by atoms with Gasteiger partial charge in [-0.25, -0.2) is 4.79 Å². The number of nitrogens with zero attached hydrogens (tertiary/aromatic N) is 2. The molecule has 2 aromatic carbocycles. The SMILES string of the molecule is COc1ccc2oc(C(=O)Nc3ccc4oc(=O)n(CC(=O)N5CCCCC5)c4c3)cc2c1. The number of hydrogen-bond donors (Lipinski definition) is 1. The van der Waals surface area contributed by atoms with Crippen molar-refractivity contribution in [1.82, 2.24) is 9.47 Å². The summed E-state index contributed by atoms with van der Waals surface area (Å²) in [6.07, 6.45) is 3.05. The van der Waals surface area contributed by atoms with Crippen LogP contribution in [0.5, 0.6) is 5.75 Å². The molecule has 1 fully saturated rings. The number of benzene rings is 2. The second kappa shape index (κ2) is 8.50. The van der Waals surface area contributed by atoms with Gasteiger partial charge in [0.2, 0.25) is 5.91 Å². The zero-order chi connectivity index (χ0) is 22.9. The van der Waals surface area contributed by atoms with Gasteiger partial charge in [0.05, 0.1) is 12.6 Å². The van der Waals surface area contributed by atoms with Crippen molar-refractivity contribution in [2.75, 3.05) is 25.5 Å². The fourth-order valence-electron chi connectivity index (χ4n) is 4.12. The number of aromatic nitrogens is 1. The summed E-state index contributed by atoms with van der Waals surface area (Å²) in [5, 5.41) is 3.52. The van der Waals surface area contributed by atoms with E-state index < -0.39 is 11.7 Å². The molecule has 1 aliphatic heterocycles. The maximum absolute atomic E-state index is 12.8. The van der Waals surface area contributed by atoms with Gasteiger partial charge in [-0.3, -0.25) is 14.2 Å². The molecule has 0 atom stereocenters. The highest BCUT2D eigenvalue weighted by Gasteiger charge is 2.20. The van der Waals surface area contributed by atoms with Gasteiger partial charge in [-0.05, 0) is 61.7 Å². The van der Waals surface area contributed by atoms with E-state index in [1.165, 1.54) is 4.57 Å². The van der Waals surface area contributed by atoms with Crippen molar-refractivity contribution in [2.24, 2.45) is 0 Å². The highest BCUT2D eigenvalue weighted by molar-refractivity contribution is 6.05. The molecule has 170 valence electrons. The maximum Gasteiger partial charge on any atom is 0.420 e. The number of hydrogen-bond acceptors (Lipinski definition) is 6. The van der Waals surface area contributed by atoms with E-state index in [1.807, 2.05) is 0 Å². The zero-order valence-electron chi connectivity index (χ0n) is 18.1. The minimum atomic E-state index is -0.606. The summed E-state index contributed by atoms with van der Waals surface area (Å²) < 4.78 is 17.4. The van der Waals surface area contributed by atoms with Crippen LogP contribution in [0.4, 0.5) is 5.69 Å². The molecule has 1 aliphatic rings. The third-order valence-corrected chi connectivity index (χ3v) is 5.87. The molecule has 33 heavy (non-hydrogen) atoms. The number of nitrogens with one attached hydrogen (secondary N) is 1. The highest BCUT2D eigenvalue weighted by atomic mass is 16.5. The van der Waals surface area contributed by atoms with Crippen LogP contribution in [0.25, 0.3) is 22.1 Å². The summed E-state index contributed by atoms with van der Waals surface area (Å²) in [6, 6.07) is 11.8. The van der Waals surface area contributed by atoms with Crippen LogP contribution in [0, 0.1) is 0 Å². The molecule has 9 nitrogen and oxygen atoms in total. The molecular formula is C24H23N3O6. The van der Waals surface area contributed by atoms with Gasteiger partial charge in [0.1, 0.15) is 17.9 Å². The van der Waals surface area contributed by atoms with E-state index in [4.69, 9.17) is 13.6 Å². The number of amides is 2. The molecule has 0 saturated carbocycles. The van der Waals surface area contributed by atoms with E-state index >= 15 is 0 Å². The van der Waals surface area contributed by atoms with Gasteiger partial charge in [-0.1, -0.05) is 0 Å². The first-order valence-corrected chi connectivity index (χ1v) is 10.8. The minimum Gasteiger partial charge on any atom is -0.497 e. The van der Waals surface area contributed by atoms with E-state index in [0.29, 0.717) is 41.2 Å². The summed E-state index contributed by atoms with van der Waals surface area (Å²) in [6.45, 7) is 1.30. The van der Waals surface area contributed by atoms with Crippen molar-refractivity contribution in [3.63, 3.8) is 0 Å². The number of rotatable bonds is 5. The van der Waals surface area contributed by atoms with Crippen LogP contribution in [-0.2, 0) is 11.3 Å². The predicted molar refractivity (Wildman–Crippen MR) is 122 cm³/mol.